The maximum atomic E-state index is 14.1. The number of rotatable bonds is 15. The molecule has 676 valence electrons. The van der Waals surface area contributed by atoms with E-state index < -0.39 is 70.5 Å². The van der Waals surface area contributed by atoms with E-state index in [1.165, 1.54) is 55.5 Å². The van der Waals surface area contributed by atoms with E-state index in [2.05, 4.69) is 132 Å². The topological polar surface area (TPSA) is 568 Å². The first kappa shape index (κ1) is 90.0. The van der Waals surface area contributed by atoms with Crippen LogP contribution in [-0.4, -0.2) is 158 Å². The van der Waals surface area contributed by atoms with Gasteiger partial charge in [-0.15, -0.1) is 25.5 Å². The second kappa shape index (κ2) is 38.9. The molecule has 0 fully saturated rings. The summed E-state index contributed by atoms with van der Waals surface area (Å²) in [6.07, 6.45) is 31.5. The summed E-state index contributed by atoms with van der Waals surface area (Å²) >= 11 is 6.16. The number of pyridine rings is 9. The summed E-state index contributed by atoms with van der Waals surface area (Å²) in [6.45, 7) is 5.47. The zero-order valence-corrected chi connectivity index (χ0v) is 70.8. The zero-order valence-electron chi connectivity index (χ0n) is 70.0. The molecular weight excluding hydrogens is 1800 g/mol. The first-order valence-corrected chi connectivity index (χ1v) is 39.8. The van der Waals surface area contributed by atoms with Crippen LogP contribution in [0.5, 0.6) is 0 Å². The Labute approximate surface area is 762 Å². The molecule has 0 aliphatic carbocycles. The predicted octanol–water partition coefficient (Wildman–Crippen LogP) is 12.1. The molecule has 0 atom stereocenters. The Bertz CT molecular complexity index is 7340. The maximum Gasteiger partial charge on any atom is 0.263 e. The van der Waals surface area contributed by atoms with Crippen LogP contribution in [0.1, 0.15) is 68.6 Å². The molecule has 0 bridgehead atoms. The molecule has 0 aliphatic heterocycles. The average molecular weight is 1860 g/mol. The normalized spacial score (nSPS) is 10.9. The number of fused-ring (bicyclic) bond motifs is 5. The number of amides is 5. The van der Waals surface area contributed by atoms with E-state index in [1.807, 2.05) is 32.0 Å². The number of hydrogen-bond acceptors (Lipinski definition) is 31. The van der Waals surface area contributed by atoms with Gasteiger partial charge in [0.25, 0.3) is 29.5 Å². The lowest BCUT2D eigenvalue weighted by Gasteiger charge is -2.12. The van der Waals surface area contributed by atoms with E-state index in [9.17, 15) is 54.7 Å². The van der Waals surface area contributed by atoms with Crippen LogP contribution >= 0.6 is 11.6 Å². The predicted molar refractivity (Wildman–Crippen MR) is 481 cm³/mol. The highest BCUT2D eigenvalue weighted by atomic mass is 35.5. The highest BCUT2D eigenvalue weighted by Crippen LogP contribution is 2.37. The second-order valence-electron chi connectivity index (χ2n) is 28.6. The molecule has 0 saturated carbocycles. The van der Waals surface area contributed by atoms with Gasteiger partial charge in [-0.05, 0) is 111 Å². The van der Waals surface area contributed by atoms with Crippen molar-refractivity contribution in [1.29, 1.82) is 0 Å². The van der Waals surface area contributed by atoms with Crippen LogP contribution in [0.2, 0.25) is 5.15 Å². The highest BCUT2D eigenvalue weighted by molar-refractivity contribution is 6.32. The monoisotopic (exact) mass is 1860 g/mol. The van der Waals surface area contributed by atoms with Gasteiger partial charge >= 0.3 is 0 Å². The van der Waals surface area contributed by atoms with E-state index in [0.717, 1.165) is 101 Å². The van der Waals surface area contributed by atoms with Gasteiger partial charge < -0.3 is 55.3 Å². The SMILES string of the molecule is Cc1cccnc1-c1ccncc1NC(=O)c1c(N)nn2cc(F)cnc12.Cc1ccnnc1-c1ccncc1NC(=O)c1c(N)nn2cc(F)cnc12.Cc1nc(F)ccc1-c1ccncc1NC(=O)c1c(N)nn2cc(F)cnc12.Nc1nn2cc(F)cnc2c1C(=O)Nc1cnccc1-c1cccnc1Cl.Nc1nn2cc(F)cnc2c1C(=O)Nc1cnccc1-c1cccnc1F. The minimum atomic E-state index is -0.688. The molecule has 49 heteroatoms. The van der Waals surface area contributed by atoms with Crippen LogP contribution in [0.3, 0.4) is 0 Å². The summed E-state index contributed by atoms with van der Waals surface area (Å²) in [5.41, 5.74) is 39.8. The smallest absolute Gasteiger partial charge is 0.263 e. The summed E-state index contributed by atoms with van der Waals surface area (Å²) < 4.78 is 99.5. The highest BCUT2D eigenvalue weighted by Gasteiger charge is 2.29. The van der Waals surface area contributed by atoms with E-state index in [4.69, 9.17) is 40.3 Å². The Morgan fingerprint density at radius 1 is 0.309 bits per heavy atom. The van der Waals surface area contributed by atoms with Crippen molar-refractivity contribution < 1.29 is 54.7 Å². The Kier molecular flexibility index (Phi) is 25.8. The largest absolute Gasteiger partial charge is 0.381 e. The van der Waals surface area contributed by atoms with Crippen molar-refractivity contribution in [2.75, 3.05) is 55.3 Å². The number of carbonyl (C=O) groups excluding carboxylic acids is 5. The second-order valence-corrected chi connectivity index (χ2v) is 28.9. The molecule has 0 aliphatic rings. The van der Waals surface area contributed by atoms with Crippen molar-refractivity contribution in [1.82, 2.24) is 128 Å². The molecule has 20 heterocycles. The summed E-state index contributed by atoms with van der Waals surface area (Å²) in [7, 11) is 0. The number of aryl methyl sites for hydroxylation is 3. The number of nitrogens with zero attached hydrogens (tertiary/aromatic N) is 26. The molecule has 0 aromatic carbocycles. The van der Waals surface area contributed by atoms with E-state index >= 15 is 0 Å². The number of nitrogen functional groups attached to an aromatic ring is 5. The molecule has 0 spiro atoms. The third kappa shape index (κ3) is 19.2. The number of aromatic nitrogens is 26. The molecule has 5 amide bonds. The summed E-state index contributed by atoms with van der Waals surface area (Å²) in [6, 6.07) is 23.4. The minimum absolute atomic E-state index is 0.00348. The Morgan fingerprint density at radius 3 is 0.963 bits per heavy atom. The van der Waals surface area contributed by atoms with Crippen LogP contribution in [0.4, 0.5) is 88.3 Å². The van der Waals surface area contributed by atoms with Gasteiger partial charge in [0, 0.05) is 106 Å². The van der Waals surface area contributed by atoms with Crippen molar-refractivity contribution in [3.63, 3.8) is 0 Å². The van der Waals surface area contributed by atoms with Crippen LogP contribution in [-0.2, 0) is 0 Å². The van der Waals surface area contributed by atoms with Crippen molar-refractivity contribution >= 4 is 127 Å². The molecular formula is C87H62ClF7N36O5. The fraction of sp³-hybridized carbons (Fsp3) is 0.0345. The van der Waals surface area contributed by atoms with Crippen molar-refractivity contribution in [3.05, 3.63) is 324 Å². The third-order valence-electron chi connectivity index (χ3n) is 19.7. The fourth-order valence-corrected chi connectivity index (χ4v) is 13.9. The number of anilines is 10. The zero-order chi connectivity index (χ0) is 95.7. The number of nitrogens with two attached hydrogens (primary N) is 5. The first-order chi connectivity index (χ1) is 65.6. The third-order valence-corrected chi connectivity index (χ3v) is 20.0. The molecule has 20 aromatic heterocycles. The van der Waals surface area contributed by atoms with Crippen LogP contribution in [0, 0.1) is 61.8 Å². The lowest BCUT2D eigenvalue weighted by atomic mass is 10.0. The standard InChI is InChI=1S/C18H13F2N7O.C18H14FN7O.C17H11ClFN7O.C17H11F2N7O.C17H13FN8O/c1-9-11(2-3-14(20)24-9)12-4-5-22-7-13(12)25-18(28)15-16(21)26-27-8-10(19)6-23-17(15)27;1-10-3-2-5-22-15(10)12-4-6-21-8-13(12)24-18(27)14-16(20)25-26-9-11(19)7-23-17(14)26;18-14-11(2-1-4-22-14)10-3-5-21-7-12(10)24-17(27)13-15(20)25-26-8-9(19)6-23-16(13)26;18-9-6-23-16-13(15(20)25-26(16)8-9)17(27)24-12-7-21-5-3-10(12)11-2-1-4-22-14(11)19;1-9-2-5-22-24-14(9)11-3-4-20-7-12(11)23-17(27)13-15(19)25-26-8-10(18)6-21-16(13)26/h2-8H,1H3,(H2,21,26)(H,25,28);2-9H,1H3,(H2,20,25)(H,24,27);2*1-8H,(H2,20,25)(H,24,27);2-8H,1H3,(H2,19,25)(H,23,27). The van der Waals surface area contributed by atoms with Gasteiger partial charge in [-0.1, -0.05) is 17.7 Å². The van der Waals surface area contributed by atoms with Gasteiger partial charge in [-0.25, -0.2) is 84.4 Å². The first-order valence-electron chi connectivity index (χ1n) is 39.4. The van der Waals surface area contributed by atoms with Crippen LogP contribution < -0.4 is 55.3 Å². The van der Waals surface area contributed by atoms with Gasteiger partial charge in [0.15, 0.2) is 86.4 Å². The molecule has 0 unspecified atom stereocenters. The maximum absolute atomic E-state index is 14.1. The van der Waals surface area contributed by atoms with Crippen molar-refractivity contribution in [3.8, 4) is 55.9 Å². The van der Waals surface area contributed by atoms with E-state index in [0.29, 0.717) is 73.1 Å². The van der Waals surface area contributed by atoms with Crippen LogP contribution in [0.15, 0.2) is 234 Å². The van der Waals surface area contributed by atoms with E-state index in [-0.39, 0.29) is 102 Å². The number of halogens is 8. The quantitative estimate of drug-likeness (QED) is 0.0337. The lowest BCUT2D eigenvalue weighted by molar-refractivity contribution is 0.102. The van der Waals surface area contributed by atoms with Gasteiger partial charge in [0.05, 0.1) is 133 Å². The van der Waals surface area contributed by atoms with Crippen molar-refractivity contribution in [2.45, 2.75) is 20.8 Å². The summed E-state index contributed by atoms with van der Waals surface area (Å²) in [5, 5.41) is 41.5. The van der Waals surface area contributed by atoms with Gasteiger partial charge in [-0.3, -0.25) is 53.9 Å². The average Bonchev–Trinajstić information content (AvgIpc) is 1.63. The molecule has 0 radical (unpaired) electrons. The summed E-state index contributed by atoms with van der Waals surface area (Å²) in [4.78, 5) is 119. The van der Waals surface area contributed by atoms with Gasteiger partial charge in [-0.2, -0.15) is 19.0 Å². The number of nitrogens with one attached hydrogen (secondary N) is 5. The Balaban J connectivity index is 0.000000123. The fourth-order valence-electron chi connectivity index (χ4n) is 13.7. The number of hydrogen-bond donors (Lipinski definition) is 10. The van der Waals surface area contributed by atoms with Gasteiger partial charge in [0.2, 0.25) is 11.9 Å². The van der Waals surface area contributed by atoms with E-state index in [1.54, 1.807) is 105 Å². The number of carbonyl (C=O) groups is 5. The summed E-state index contributed by atoms with van der Waals surface area (Å²) in [5.74, 6) is -7.57. The Hall–Kier alpha value is -19.3. The molecule has 15 N–H and O–H groups in total. The molecule has 0 saturated heterocycles. The Morgan fingerprint density at radius 2 is 0.618 bits per heavy atom. The lowest BCUT2D eigenvalue weighted by Crippen LogP contribution is -2.15. The molecule has 41 nitrogen and oxygen atoms in total. The molecule has 20 rings (SSSR count). The van der Waals surface area contributed by atoms with Crippen molar-refractivity contribution in [2.24, 2.45) is 0 Å². The van der Waals surface area contributed by atoms with Gasteiger partial charge in [0.1, 0.15) is 33.0 Å². The molecule has 20 aromatic rings. The van der Waals surface area contributed by atoms with Crippen LogP contribution in [0.25, 0.3) is 84.1 Å². The molecule has 136 heavy (non-hydrogen) atoms. The minimum Gasteiger partial charge on any atom is -0.381 e.